The van der Waals surface area contributed by atoms with Crippen LogP contribution in [0, 0.1) is 22.7 Å². The third-order valence-electron chi connectivity index (χ3n) is 6.39. The Morgan fingerprint density at radius 1 is 1.33 bits per heavy atom. The van der Waals surface area contributed by atoms with Crippen LogP contribution in [0.1, 0.15) is 58.8 Å². The standard InChI is InChI=1S/C14H24O/c1-3-13-8-6-11(9-13)12-5-4-7-14(12,13)10(2)15/h10-12,15H,3-9H2,1-2H3. The second-order valence-corrected chi connectivity index (χ2v) is 6.35. The molecule has 0 saturated heterocycles. The molecule has 0 spiro atoms. The SMILES string of the molecule is CCC12CCC(C1)C1CCCC12C(C)O. The fraction of sp³-hybridized carbons (Fsp3) is 1.00. The number of aliphatic hydroxyl groups excluding tert-OH is 1. The van der Waals surface area contributed by atoms with E-state index in [0.29, 0.717) is 10.8 Å². The molecule has 0 aromatic heterocycles. The van der Waals surface area contributed by atoms with Crippen molar-refractivity contribution in [2.45, 2.75) is 64.9 Å². The Morgan fingerprint density at radius 2 is 2.13 bits per heavy atom. The van der Waals surface area contributed by atoms with Crippen LogP contribution in [0.4, 0.5) is 0 Å². The van der Waals surface area contributed by atoms with Gasteiger partial charge in [0.1, 0.15) is 0 Å². The highest BCUT2D eigenvalue weighted by Crippen LogP contribution is 2.74. The lowest BCUT2D eigenvalue weighted by atomic mass is 9.56. The normalized spacial score (nSPS) is 54.6. The van der Waals surface area contributed by atoms with Gasteiger partial charge < -0.3 is 5.11 Å². The van der Waals surface area contributed by atoms with Crippen LogP contribution in [-0.4, -0.2) is 11.2 Å². The summed E-state index contributed by atoms with van der Waals surface area (Å²) in [6.45, 7) is 4.42. The molecule has 0 aromatic rings. The molecule has 0 aliphatic heterocycles. The first-order valence-electron chi connectivity index (χ1n) is 6.84. The first kappa shape index (κ1) is 10.1. The van der Waals surface area contributed by atoms with Crippen LogP contribution < -0.4 is 0 Å². The molecule has 0 heterocycles. The van der Waals surface area contributed by atoms with Gasteiger partial charge in [0, 0.05) is 5.41 Å². The van der Waals surface area contributed by atoms with E-state index in [-0.39, 0.29) is 6.10 Å². The van der Waals surface area contributed by atoms with Gasteiger partial charge in [-0.2, -0.15) is 0 Å². The summed E-state index contributed by atoms with van der Waals surface area (Å²) in [4.78, 5) is 0. The van der Waals surface area contributed by atoms with Gasteiger partial charge in [-0.05, 0) is 62.7 Å². The molecule has 3 aliphatic carbocycles. The van der Waals surface area contributed by atoms with Crippen LogP contribution in [0.25, 0.3) is 0 Å². The van der Waals surface area contributed by atoms with E-state index in [1.54, 1.807) is 0 Å². The van der Waals surface area contributed by atoms with Crippen molar-refractivity contribution in [1.82, 2.24) is 0 Å². The van der Waals surface area contributed by atoms with Crippen LogP contribution in [0.5, 0.6) is 0 Å². The number of hydrogen-bond donors (Lipinski definition) is 1. The molecule has 0 aromatic carbocycles. The van der Waals surface area contributed by atoms with Crippen LogP contribution in [0.2, 0.25) is 0 Å². The molecular formula is C14H24O. The average molecular weight is 208 g/mol. The first-order chi connectivity index (χ1) is 7.16. The maximum atomic E-state index is 10.3. The number of hydrogen-bond acceptors (Lipinski definition) is 1. The quantitative estimate of drug-likeness (QED) is 0.737. The summed E-state index contributed by atoms with van der Waals surface area (Å²) in [5, 5.41) is 10.3. The van der Waals surface area contributed by atoms with Gasteiger partial charge in [0.25, 0.3) is 0 Å². The molecule has 3 fully saturated rings. The van der Waals surface area contributed by atoms with Crippen molar-refractivity contribution >= 4 is 0 Å². The van der Waals surface area contributed by atoms with Gasteiger partial charge in [-0.1, -0.05) is 13.3 Å². The molecule has 2 bridgehead atoms. The topological polar surface area (TPSA) is 20.2 Å². The molecule has 0 amide bonds. The lowest BCUT2D eigenvalue weighted by Gasteiger charge is -2.50. The van der Waals surface area contributed by atoms with E-state index in [9.17, 15) is 5.11 Å². The molecule has 3 aliphatic rings. The van der Waals surface area contributed by atoms with Gasteiger partial charge in [0.15, 0.2) is 0 Å². The van der Waals surface area contributed by atoms with E-state index in [2.05, 4.69) is 13.8 Å². The van der Waals surface area contributed by atoms with Gasteiger partial charge in [-0.3, -0.25) is 0 Å². The van der Waals surface area contributed by atoms with Gasteiger partial charge in [-0.15, -0.1) is 0 Å². The van der Waals surface area contributed by atoms with E-state index in [1.165, 1.54) is 44.9 Å². The molecule has 1 heteroatoms. The van der Waals surface area contributed by atoms with Crippen LogP contribution in [0.3, 0.4) is 0 Å². The predicted octanol–water partition coefficient (Wildman–Crippen LogP) is 3.36. The zero-order valence-corrected chi connectivity index (χ0v) is 10.1. The third-order valence-corrected chi connectivity index (χ3v) is 6.39. The molecule has 1 N–H and O–H groups in total. The molecule has 3 rings (SSSR count). The van der Waals surface area contributed by atoms with E-state index in [1.807, 2.05) is 0 Å². The van der Waals surface area contributed by atoms with Gasteiger partial charge in [0.2, 0.25) is 0 Å². The Kier molecular flexibility index (Phi) is 2.03. The Morgan fingerprint density at radius 3 is 2.80 bits per heavy atom. The largest absolute Gasteiger partial charge is 0.393 e. The van der Waals surface area contributed by atoms with E-state index in [0.717, 1.165) is 11.8 Å². The van der Waals surface area contributed by atoms with Gasteiger partial charge in [-0.25, -0.2) is 0 Å². The number of aliphatic hydroxyl groups is 1. The van der Waals surface area contributed by atoms with Gasteiger partial charge >= 0.3 is 0 Å². The fourth-order valence-corrected chi connectivity index (χ4v) is 5.92. The van der Waals surface area contributed by atoms with E-state index in [4.69, 9.17) is 0 Å². The Hall–Kier alpha value is -0.0400. The van der Waals surface area contributed by atoms with Crippen LogP contribution in [-0.2, 0) is 0 Å². The van der Waals surface area contributed by atoms with Crippen molar-refractivity contribution in [3.63, 3.8) is 0 Å². The van der Waals surface area contributed by atoms with E-state index < -0.39 is 0 Å². The van der Waals surface area contributed by atoms with Crippen LogP contribution in [0.15, 0.2) is 0 Å². The minimum atomic E-state index is -0.0738. The van der Waals surface area contributed by atoms with Crippen molar-refractivity contribution < 1.29 is 5.11 Å². The van der Waals surface area contributed by atoms with Crippen molar-refractivity contribution in [2.75, 3.05) is 0 Å². The highest BCUT2D eigenvalue weighted by molar-refractivity contribution is 5.17. The zero-order valence-electron chi connectivity index (χ0n) is 10.1. The van der Waals surface area contributed by atoms with Crippen molar-refractivity contribution in [2.24, 2.45) is 22.7 Å². The maximum Gasteiger partial charge on any atom is 0.0576 e. The van der Waals surface area contributed by atoms with Crippen molar-refractivity contribution in [1.29, 1.82) is 0 Å². The number of fused-ring (bicyclic) bond motifs is 5. The summed E-state index contributed by atoms with van der Waals surface area (Å²) in [6, 6.07) is 0. The summed E-state index contributed by atoms with van der Waals surface area (Å²) >= 11 is 0. The highest BCUT2D eigenvalue weighted by Gasteiger charge is 2.68. The number of rotatable bonds is 2. The second kappa shape index (κ2) is 3.00. The molecule has 15 heavy (non-hydrogen) atoms. The Labute approximate surface area is 93.3 Å². The summed E-state index contributed by atoms with van der Waals surface area (Å²) in [7, 11) is 0. The molecule has 0 radical (unpaired) electrons. The monoisotopic (exact) mass is 208 g/mol. The molecule has 86 valence electrons. The lowest BCUT2D eigenvalue weighted by molar-refractivity contribution is -0.0829. The molecule has 1 nitrogen and oxygen atoms in total. The average Bonchev–Trinajstić information content (AvgIpc) is 2.88. The lowest BCUT2D eigenvalue weighted by Crippen LogP contribution is -2.48. The summed E-state index contributed by atoms with van der Waals surface area (Å²) in [5.74, 6) is 1.83. The second-order valence-electron chi connectivity index (χ2n) is 6.35. The fourth-order valence-electron chi connectivity index (χ4n) is 5.92. The summed E-state index contributed by atoms with van der Waals surface area (Å²) in [5.41, 5.74) is 0.845. The molecule has 3 saturated carbocycles. The van der Waals surface area contributed by atoms with Gasteiger partial charge in [0.05, 0.1) is 6.10 Å². The molecule has 5 unspecified atom stereocenters. The smallest absolute Gasteiger partial charge is 0.0576 e. The highest BCUT2D eigenvalue weighted by atomic mass is 16.3. The zero-order chi connectivity index (χ0) is 10.7. The minimum absolute atomic E-state index is 0.0738. The van der Waals surface area contributed by atoms with Crippen LogP contribution >= 0.6 is 0 Å². The molecule has 5 atom stereocenters. The van der Waals surface area contributed by atoms with E-state index >= 15 is 0 Å². The Bertz CT molecular complexity index is 273. The van der Waals surface area contributed by atoms with Crippen molar-refractivity contribution in [3.05, 3.63) is 0 Å². The first-order valence-corrected chi connectivity index (χ1v) is 6.84. The van der Waals surface area contributed by atoms with Crippen molar-refractivity contribution in [3.8, 4) is 0 Å². The summed E-state index contributed by atoms with van der Waals surface area (Å²) in [6.07, 6.45) is 9.58. The predicted molar refractivity (Wildman–Crippen MR) is 61.5 cm³/mol. The maximum absolute atomic E-state index is 10.3. The minimum Gasteiger partial charge on any atom is -0.393 e. The summed E-state index contributed by atoms with van der Waals surface area (Å²) < 4.78 is 0. The molecular weight excluding hydrogens is 184 g/mol. The third kappa shape index (κ3) is 0.945. The Balaban J connectivity index is 2.07.